The van der Waals surface area contributed by atoms with Crippen molar-refractivity contribution < 1.29 is 9.47 Å². The summed E-state index contributed by atoms with van der Waals surface area (Å²) in [5, 5.41) is 0. The van der Waals surface area contributed by atoms with E-state index >= 15 is 0 Å². The lowest BCUT2D eigenvalue weighted by Gasteiger charge is -2.18. The lowest BCUT2D eigenvalue weighted by atomic mass is 9.98. The van der Waals surface area contributed by atoms with E-state index in [9.17, 15) is 0 Å². The summed E-state index contributed by atoms with van der Waals surface area (Å²) in [6, 6.07) is 39.1. The maximum absolute atomic E-state index is 6.37. The van der Waals surface area contributed by atoms with Gasteiger partial charge in [0, 0.05) is 22.5 Å². The minimum atomic E-state index is 0.688. The molecule has 0 amide bonds. The van der Waals surface area contributed by atoms with Crippen LogP contribution in [0.1, 0.15) is 0 Å². The van der Waals surface area contributed by atoms with Gasteiger partial charge >= 0.3 is 0 Å². The molecule has 0 fully saturated rings. The van der Waals surface area contributed by atoms with Crippen LogP contribution in [0.3, 0.4) is 0 Å². The summed E-state index contributed by atoms with van der Waals surface area (Å²) in [4.78, 5) is 0. The van der Waals surface area contributed by atoms with Gasteiger partial charge in [-0.05, 0) is 71.8 Å². The minimum absolute atomic E-state index is 0.688. The Bertz CT molecular complexity index is 1270. The van der Waals surface area contributed by atoms with Crippen molar-refractivity contribution in [2.75, 3.05) is 11.5 Å². The normalized spacial score (nSPS) is 10.6. The lowest BCUT2D eigenvalue weighted by molar-refractivity contribution is 0.472. The number of anilines is 2. The first-order valence-electron chi connectivity index (χ1n) is 11.0. The van der Waals surface area contributed by atoms with Crippen LogP contribution >= 0.6 is 0 Å². The van der Waals surface area contributed by atoms with E-state index in [4.69, 9.17) is 20.9 Å². The van der Waals surface area contributed by atoms with E-state index in [2.05, 4.69) is 24.3 Å². The van der Waals surface area contributed by atoms with Crippen LogP contribution in [-0.4, -0.2) is 0 Å². The fourth-order valence-corrected chi connectivity index (χ4v) is 3.74. The number of hydrogen-bond acceptors (Lipinski definition) is 4. The zero-order chi connectivity index (χ0) is 23.3. The van der Waals surface area contributed by atoms with Crippen molar-refractivity contribution in [1.29, 1.82) is 0 Å². The molecule has 34 heavy (non-hydrogen) atoms. The molecule has 0 aliphatic rings. The van der Waals surface area contributed by atoms with Crippen molar-refractivity contribution >= 4 is 11.4 Å². The van der Waals surface area contributed by atoms with Crippen LogP contribution in [0.4, 0.5) is 11.4 Å². The van der Waals surface area contributed by atoms with E-state index in [1.165, 1.54) is 0 Å². The molecule has 0 spiro atoms. The lowest BCUT2D eigenvalue weighted by Crippen LogP contribution is -1.95. The summed E-state index contributed by atoms with van der Waals surface area (Å²) in [5.41, 5.74) is 17.0. The van der Waals surface area contributed by atoms with Gasteiger partial charge in [0.05, 0.1) is 0 Å². The average molecular weight is 445 g/mol. The van der Waals surface area contributed by atoms with Gasteiger partial charge in [0.25, 0.3) is 0 Å². The summed E-state index contributed by atoms with van der Waals surface area (Å²) in [6.07, 6.45) is 0. The van der Waals surface area contributed by atoms with E-state index in [0.29, 0.717) is 22.9 Å². The summed E-state index contributed by atoms with van der Waals surface area (Å²) in [5.74, 6) is 2.86. The molecule has 0 radical (unpaired) electrons. The topological polar surface area (TPSA) is 70.5 Å². The smallest absolute Gasteiger partial charge is 0.136 e. The number of hydrogen-bond donors (Lipinski definition) is 2. The second-order valence-corrected chi connectivity index (χ2v) is 7.92. The Morgan fingerprint density at radius 3 is 1.12 bits per heavy atom. The van der Waals surface area contributed by atoms with Crippen molar-refractivity contribution in [1.82, 2.24) is 0 Å². The fraction of sp³-hybridized carbons (Fsp3) is 0. The first-order chi connectivity index (χ1) is 16.7. The Morgan fingerprint density at radius 1 is 0.412 bits per heavy atom. The van der Waals surface area contributed by atoms with Crippen molar-refractivity contribution in [2.45, 2.75) is 0 Å². The summed E-state index contributed by atoms with van der Waals surface area (Å²) in [7, 11) is 0. The maximum atomic E-state index is 6.37. The van der Waals surface area contributed by atoms with Crippen LogP contribution in [0.15, 0.2) is 121 Å². The predicted molar refractivity (Wildman–Crippen MR) is 139 cm³/mol. The first kappa shape index (κ1) is 21.2. The first-order valence-corrected chi connectivity index (χ1v) is 11.0. The van der Waals surface area contributed by atoms with Crippen LogP contribution in [0.2, 0.25) is 0 Å². The highest BCUT2D eigenvalue weighted by atomic mass is 16.5. The van der Waals surface area contributed by atoms with Crippen molar-refractivity contribution in [3.8, 4) is 45.3 Å². The average Bonchev–Trinajstić information content (AvgIpc) is 2.88. The van der Waals surface area contributed by atoms with Gasteiger partial charge in [0.15, 0.2) is 0 Å². The summed E-state index contributed by atoms with van der Waals surface area (Å²) in [6.45, 7) is 0. The highest BCUT2D eigenvalue weighted by molar-refractivity contribution is 5.82. The second kappa shape index (κ2) is 9.43. The van der Waals surface area contributed by atoms with Gasteiger partial charge < -0.3 is 20.9 Å². The molecule has 5 rings (SSSR count). The fourth-order valence-electron chi connectivity index (χ4n) is 3.74. The molecule has 5 aromatic carbocycles. The van der Waals surface area contributed by atoms with Crippen molar-refractivity contribution in [3.63, 3.8) is 0 Å². The Labute approximate surface area is 199 Å². The van der Waals surface area contributed by atoms with Crippen molar-refractivity contribution in [2.24, 2.45) is 0 Å². The van der Waals surface area contributed by atoms with Crippen LogP contribution in [0, 0.1) is 0 Å². The van der Waals surface area contributed by atoms with Gasteiger partial charge in [-0.3, -0.25) is 0 Å². The molecule has 0 heterocycles. The predicted octanol–water partition coefficient (Wildman–Crippen LogP) is 7.77. The Morgan fingerprint density at radius 2 is 0.765 bits per heavy atom. The summed E-state index contributed by atoms with van der Waals surface area (Å²) < 4.78 is 12.7. The van der Waals surface area contributed by atoms with E-state index in [0.717, 1.165) is 33.8 Å². The van der Waals surface area contributed by atoms with Crippen LogP contribution in [-0.2, 0) is 0 Å². The van der Waals surface area contributed by atoms with Crippen molar-refractivity contribution in [3.05, 3.63) is 121 Å². The second-order valence-electron chi connectivity index (χ2n) is 7.92. The standard InChI is InChI=1S/C30H24N2O2/c31-23-11-15-25(16-12-23)33-29-20-28(22-9-5-2-6-10-22)30(34-26-17-13-24(32)14-18-26)19-27(29)21-7-3-1-4-8-21/h1-20H,31-32H2. The molecule has 0 aromatic heterocycles. The third kappa shape index (κ3) is 4.71. The SMILES string of the molecule is Nc1ccc(Oc2cc(-c3ccccc3)c(Oc3ccc(N)cc3)cc2-c2ccccc2)cc1. The molecule has 0 unspecified atom stereocenters. The number of rotatable bonds is 6. The molecule has 0 saturated heterocycles. The highest BCUT2D eigenvalue weighted by Crippen LogP contribution is 2.44. The molecule has 0 aliphatic carbocycles. The number of nitrogens with two attached hydrogens (primary N) is 2. The largest absolute Gasteiger partial charge is 0.457 e. The van der Waals surface area contributed by atoms with Gasteiger partial charge in [-0.2, -0.15) is 0 Å². The van der Waals surface area contributed by atoms with Crippen LogP contribution in [0.5, 0.6) is 23.0 Å². The highest BCUT2D eigenvalue weighted by Gasteiger charge is 2.17. The monoisotopic (exact) mass is 444 g/mol. The zero-order valence-electron chi connectivity index (χ0n) is 18.5. The van der Waals surface area contributed by atoms with E-state index in [-0.39, 0.29) is 0 Å². The van der Waals surface area contributed by atoms with E-state index in [1.54, 1.807) is 0 Å². The molecule has 5 aromatic rings. The molecular formula is C30H24N2O2. The Hall–Kier alpha value is -4.70. The Balaban J connectivity index is 1.68. The van der Waals surface area contributed by atoms with Gasteiger partial charge in [-0.25, -0.2) is 0 Å². The molecule has 166 valence electrons. The molecule has 4 heteroatoms. The maximum Gasteiger partial charge on any atom is 0.136 e. The third-order valence-electron chi connectivity index (χ3n) is 5.47. The number of ether oxygens (including phenoxy) is 2. The van der Waals surface area contributed by atoms with Crippen LogP contribution < -0.4 is 20.9 Å². The quantitative estimate of drug-likeness (QED) is 0.262. The molecule has 4 nitrogen and oxygen atoms in total. The number of nitrogen functional groups attached to an aromatic ring is 2. The number of benzene rings is 5. The third-order valence-corrected chi connectivity index (χ3v) is 5.47. The van der Waals surface area contributed by atoms with Crippen LogP contribution in [0.25, 0.3) is 22.3 Å². The zero-order valence-corrected chi connectivity index (χ0v) is 18.5. The molecular weight excluding hydrogens is 420 g/mol. The molecule has 0 atom stereocenters. The summed E-state index contributed by atoms with van der Waals surface area (Å²) >= 11 is 0. The van der Waals surface area contributed by atoms with Gasteiger partial charge in [0.1, 0.15) is 23.0 Å². The molecule has 0 bridgehead atoms. The molecule has 0 saturated carbocycles. The van der Waals surface area contributed by atoms with E-state index < -0.39 is 0 Å². The molecule has 4 N–H and O–H groups in total. The van der Waals surface area contributed by atoms with Gasteiger partial charge in [-0.1, -0.05) is 60.7 Å². The minimum Gasteiger partial charge on any atom is -0.457 e. The van der Waals surface area contributed by atoms with Gasteiger partial charge in [0.2, 0.25) is 0 Å². The molecule has 0 aliphatic heterocycles. The van der Waals surface area contributed by atoms with E-state index in [1.807, 2.05) is 97.1 Å². The Kier molecular flexibility index (Phi) is 5.87. The van der Waals surface area contributed by atoms with Gasteiger partial charge in [-0.15, -0.1) is 0 Å².